The molecule has 0 radical (unpaired) electrons. The van der Waals surface area contributed by atoms with Gasteiger partial charge in [0, 0.05) is 11.6 Å². The van der Waals surface area contributed by atoms with Crippen molar-refractivity contribution in [2.75, 3.05) is 13.1 Å². The fraction of sp³-hybridized carbons (Fsp3) is 0.684. The van der Waals surface area contributed by atoms with Crippen LogP contribution in [0.1, 0.15) is 69.6 Å². The molecule has 1 aromatic carbocycles. The highest BCUT2D eigenvalue weighted by Crippen LogP contribution is 2.32. The van der Waals surface area contributed by atoms with Crippen molar-refractivity contribution in [1.82, 2.24) is 5.32 Å². The zero-order chi connectivity index (χ0) is 15.8. The van der Waals surface area contributed by atoms with E-state index in [2.05, 4.69) is 52.1 Å². The molecule has 2 heteroatoms. The standard InChI is InChI=1S/C19H32ClN/c1-6-8-17(13-21-10-9-14(3)4)19-16(7-2)11-15(5)12-18(19)20/h11-12,14,17,21H,6-10,13H2,1-5H3. The molecular formula is C19H32ClN. The van der Waals surface area contributed by atoms with E-state index in [0.29, 0.717) is 5.92 Å². The Bertz CT molecular complexity index is 426. The normalized spacial score (nSPS) is 12.9. The summed E-state index contributed by atoms with van der Waals surface area (Å²) in [6.07, 6.45) is 4.69. The SMILES string of the molecule is CCCC(CNCCC(C)C)c1c(Cl)cc(C)cc1CC. The number of rotatable bonds is 9. The molecule has 0 aliphatic rings. The summed E-state index contributed by atoms with van der Waals surface area (Å²) in [6.45, 7) is 13.3. The molecule has 120 valence electrons. The van der Waals surface area contributed by atoms with E-state index >= 15 is 0 Å². The van der Waals surface area contributed by atoms with Crippen molar-refractivity contribution in [2.24, 2.45) is 5.92 Å². The van der Waals surface area contributed by atoms with Gasteiger partial charge in [-0.25, -0.2) is 0 Å². The van der Waals surface area contributed by atoms with Crippen LogP contribution in [0.25, 0.3) is 0 Å². The Morgan fingerprint density at radius 3 is 2.43 bits per heavy atom. The van der Waals surface area contributed by atoms with Crippen LogP contribution in [0, 0.1) is 12.8 Å². The van der Waals surface area contributed by atoms with Crippen molar-refractivity contribution < 1.29 is 0 Å². The third-order valence-electron chi connectivity index (χ3n) is 4.08. The van der Waals surface area contributed by atoms with Crippen LogP contribution in [0.3, 0.4) is 0 Å². The molecule has 1 N–H and O–H groups in total. The van der Waals surface area contributed by atoms with Gasteiger partial charge in [-0.3, -0.25) is 0 Å². The van der Waals surface area contributed by atoms with Gasteiger partial charge in [0.1, 0.15) is 0 Å². The molecule has 0 saturated carbocycles. The predicted octanol–water partition coefficient (Wildman–Crippen LogP) is 5.73. The molecule has 0 aliphatic heterocycles. The highest BCUT2D eigenvalue weighted by molar-refractivity contribution is 6.31. The maximum Gasteiger partial charge on any atom is 0.0446 e. The summed E-state index contributed by atoms with van der Waals surface area (Å²) in [7, 11) is 0. The first kappa shape index (κ1) is 18.5. The summed E-state index contributed by atoms with van der Waals surface area (Å²) in [4.78, 5) is 0. The molecule has 0 amide bonds. The molecule has 0 aliphatic carbocycles. The summed E-state index contributed by atoms with van der Waals surface area (Å²) in [5.41, 5.74) is 4.07. The summed E-state index contributed by atoms with van der Waals surface area (Å²) in [5.74, 6) is 1.29. The second-order valence-corrected chi connectivity index (χ2v) is 6.95. The largest absolute Gasteiger partial charge is 0.316 e. The Labute approximate surface area is 136 Å². The Morgan fingerprint density at radius 2 is 1.86 bits per heavy atom. The summed E-state index contributed by atoms with van der Waals surface area (Å²) >= 11 is 6.58. The average Bonchev–Trinajstić information content (AvgIpc) is 2.41. The van der Waals surface area contributed by atoms with Gasteiger partial charge >= 0.3 is 0 Å². The van der Waals surface area contributed by atoms with Gasteiger partial charge in [0.2, 0.25) is 0 Å². The van der Waals surface area contributed by atoms with E-state index in [1.54, 1.807) is 0 Å². The Morgan fingerprint density at radius 1 is 1.14 bits per heavy atom. The van der Waals surface area contributed by atoms with E-state index in [0.717, 1.165) is 30.5 Å². The van der Waals surface area contributed by atoms with E-state index in [-0.39, 0.29) is 0 Å². The highest BCUT2D eigenvalue weighted by atomic mass is 35.5. The molecule has 0 bridgehead atoms. The first-order chi connectivity index (χ1) is 9.99. The fourth-order valence-corrected chi connectivity index (χ4v) is 3.39. The number of benzene rings is 1. The molecule has 0 spiro atoms. The molecule has 21 heavy (non-hydrogen) atoms. The van der Waals surface area contributed by atoms with Crippen molar-refractivity contribution in [2.45, 2.75) is 66.2 Å². The lowest BCUT2D eigenvalue weighted by Crippen LogP contribution is -2.24. The monoisotopic (exact) mass is 309 g/mol. The molecule has 1 aromatic rings. The minimum atomic E-state index is 0.533. The Kier molecular flexibility index (Phi) is 8.36. The Hall–Kier alpha value is -0.530. The number of nitrogens with one attached hydrogen (secondary N) is 1. The first-order valence-corrected chi connectivity index (χ1v) is 8.86. The number of hydrogen-bond donors (Lipinski definition) is 1. The van der Waals surface area contributed by atoms with E-state index < -0.39 is 0 Å². The highest BCUT2D eigenvalue weighted by Gasteiger charge is 2.17. The van der Waals surface area contributed by atoms with Gasteiger partial charge in [0.15, 0.2) is 0 Å². The van der Waals surface area contributed by atoms with E-state index in [1.807, 2.05) is 0 Å². The second kappa shape index (κ2) is 9.48. The number of aryl methyl sites for hydroxylation is 2. The lowest BCUT2D eigenvalue weighted by molar-refractivity contribution is 0.496. The second-order valence-electron chi connectivity index (χ2n) is 6.55. The molecule has 1 nitrogen and oxygen atoms in total. The number of halogens is 1. The lowest BCUT2D eigenvalue weighted by atomic mass is 9.88. The zero-order valence-electron chi connectivity index (χ0n) is 14.4. The lowest BCUT2D eigenvalue weighted by Gasteiger charge is -2.23. The zero-order valence-corrected chi connectivity index (χ0v) is 15.2. The van der Waals surface area contributed by atoms with Crippen LogP contribution in [-0.2, 0) is 6.42 Å². The predicted molar refractivity (Wildman–Crippen MR) is 95.5 cm³/mol. The van der Waals surface area contributed by atoms with Gasteiger partial charge in [-0.1, -0.05) is 51.8 Å². The molecule has 0 fully saturated rings. The molecule has 0 aromatic heterocycles. The van der Waals surface area contributed by atoms with Gasteiger partial charge in [0.25, 0.3) is 0 Å². The van der Waals surface area contributed by atoms with Crippen molar-refractivity contribution in [3.05, 3.63) is 33.8 Å². The van der Waals surface area contributed by atoms with Gasteiger partial charge in [-0.2, -0.15) is 0 Å². The van der Waals surface area contributed by atoms with Crippen LogP contribution in [-0.4, -0.2) is 13.1 Å². The maximum atomic E-state index is 6.58. The van der Waals surface area contributed by atoms with Crippen molar-refractivity contribution in [3.8, 4) is 0 Å². The van der Waals surface area contributed by atoms with Crippen molar-refractivity contribution in [3.63, 3.8) is 0 Å². The average molecular weight is 310 g/mol. The third-order valence-corrected chi connectivity index (χ3v) is 4.39. The van der Waals surface area contributed by atoms with Crippen LogP contribution in [0.15, 0.2) is 12.1 Å². The molecule has 0 saturated heterocycles. The smallest absolute Gasteiger partial charge is 0.0446 e. The van der Waals surface area contributed by atoms with Crippen molar-refractivity contribution >= 4 is 11.6 Å². The topological polar surface area (TPSA) is 12.0 Å². The molecular weight excluding hydrogens is 278 g/mol. The fourth-order valence-electron chi connectivity index (χ4n) is 2.94. The molecule has 1 unspecified atom stereocenters. The van der Waals surface area contributed by atoms with Gasteiger partial charge in [0.05, 0.1) is 0 Å². The summed E-state index contributed by atoms with van der Waals surface area (Å²) < 4.78 is 0. The first-order valence-electron chi connectivity index (χ1n) is 8.49. The van der Waals surface area contributed by atoms with E-state index in [1.165, 1.54) is 36.0 Å². The molecule has 1 atom stereocenters. The van der Waals surface area contributed by atoms with Gasteiger partial charge in [-0.15, -0.1) is 0 Å². The minimum absolute atomic E-state index is 0.533. The van der Waals surface area contributed by atoms with E-state index in [9.17, 15) is 0 Å². The Balaban J connectivity index is 2.84. The maximum absolute atomic E-state index is 6.58. The van der Waals surface area contributed by atoms with Crippen LogP contribution < -0.4 is 5.32 Å². The third kappa shape index (κ3) is 6.00. The summed E-state index contributed by atoms with van der Waals surface area (Å²) in [5, 5.41) is 4.59. The molecule has 0 heterocycles. The van der Waals surface area contributed by atoms with Gasteiger partial charge < -0.3 is 5.32 Å². The minimum Gasteiger partial charge on any atom is -0.316 e. The summed E-state index contributed by atoms with van der Waals surface area (Å²) in [6, 6.07) is 4.42. The van der Waals surface area contributed by atoms with Crippen molar-refractivity contribution in [1.29, 1.82) is 0 Å². The van der Waals surface area contributed by atoms with Crippen LogP contribution in [0.5, 0.6) is 0 Å². The van der Waals surface area contributed by atoms with Gasteiger partial charge in [-0.05, 0) is 67.3 Å². The van der Waals surface area contributed by atoms with E-state index in [4.69, 9.17) is 11.6 Å². The number of hydrogen-bond acceptors (Lipinski definition) is 1. The van der Waals surface area contributed by atoms with Crippen LogP contribution >= 0.6 is 11.6 Å². The quantitative estimate of drug-likeness (QED) is 0.574. The van der Waals surface area contributed by atoms with Crippen LogP contribution in [0.2, 0.25) is 5.02 Å². The molecule has 1 rings (SSSR count). The van der Waals surface area contributed by atoms with Crippen LogP contribution in [0.4, 0.5) is 0 Å².